The first-order valence-electron chi connectivity index (χ1n) is 6.42. The molecule has 2 rings (SSSR count). The molecule has 1 amide bonds. The number of amides is 1. The Hall–Kier alpha value is -2.77. The van der Waals surface area contributed by atoms with Crippen LogP contribution in [0.2, 0.25) is 0 Å². The van der Waals surface area contributed by atoms with Gasteiger partial charge in [-0.25, -0.2) is 4.68 Å². The molecule has 0 saturated heterocycles. The van der Waals surface area contributed by atoms with Gasteiger partial charge in [0.15, 0.2) is 0 Å². The van der Waals surface area contributed by atoms with E-state index in [1.807, 2.05) is 0 Å². The smallest absolute Gasteiger partial charge is 0.306 e. The van der Waals surface area contributed by atoms with Crippen LogP contribution in [0, 0.1) is 5.92 Å². The first-order valence-corrected chi connectivity index (χ1v) is 6.42. The number of benzene rings is 1. The predicted molar refractivity (Wildman–Crippen MR) is 72.9 cm³/mol. The van der Waals surface area contributed by atoms with E-state index < -0.39 is 11.9 Å². The molecule has 8 nitrogen and oxygen atoms in total. The summed E-state index contributed by atoms with van der Waals surface area (Å²) in [7, 11) is 0. The van der Waals surface area contributed by atoms with Gasteiger partial charge in [0.05, 0.1) is 11.6 Å². The largest absolute Gasteiger partial charge is 0.481 e. The second kappa shape index (κ2) is 6.60. The van der Waals surface area contributed by atoms with E-state index in [0.717, 1.165) is 5.69 Å². The number of tetrazole rings is 1. The van der Waals surface area contributed by atoms with Gasteiger partial charge in [0.1, 0.15) is 6.33 Å². The molecule has 0 aliphatic heterocycles. The number of carbonyl (C=O) groups is 2. The lowest BCUT2D eigenvalue weighted by molar-refractivity contribution is -0.141. The van der Waals surface area contributed by atoms with Crippen molar-refractivity contribution in [1.29, 1.82) is 0 Å². The van der Waals surface area contributed by atoms with Gasteiger partial charge in [0.2, 0.25) is 0 Å². The Morgan fingerprint density at radius 1 is 1.33 bits per heavy atom. The number of hydrogen-bond donors (Lipinski definition) is 2. The molecule has 0 aliphatic carbocycles. The lowest BCUT2D eigenvalue weighted by Gasteiger charge is -2.08. The van der Waals surface area contributed by atoms with Crippen LogP contribution in [0.25, 0.3) is 5.69 Å². The maximum Gasteiger partial charge on any atom is 0.306 e. The van der Waals surface area contributed by atoms with Gasteiger partial charge in [-0.2, -0.15) is 0 Å². The lowest BCUT2D eigenvalue weighted by atomic mass is 10.1. The van der Waals surface area contributed by atoms with E-state index in [2.05, 4.69) is 20.8 Å². The van der Waals surface area contributed by atoms with Crippen LogP contribution in [-0.4, -0.2) is 43.7 Å². The van der Waals surface area contributed by atoms with Crippen molar-refractivity contribution in [3.05, 3.63) is 36.2 Å². The molecule has 0 bridgehead atoms. The van der Waals surface area contributed by atoms with Crippen molar-refractivity contribution in [3.8, 4) is 5.69 Å². The zero-order valence-electron chi connectivity index (χ0n) is 11.4. The van der Waals surface area contributed by atoms with Gasteiger partial charge in [-0.05, 0) is 41.1 Å². The molecule has 0 aliphatic rings. The lowest BCUT2D eigenvalue weighted by Crippen LogP contribution is -2.27. The summed E-state index contributed by atoms with van der Waals surface area (Å²) in [6.45, 7) is 1.93. The minimum Gasteiger partial charge on any atom is -0.481 e. The van der Waals surface area contributed by atoms with Crippen LogP contribution in [0.15, 0.2) is 30.6 Å². The second-order valence-electron chi connectivity index (χ2n) is 4.59. The van der Waals surface area contributed by atoms with E-state index in [-0.39, 0.29) is 5.91 Å². The SMILES string of the molecule is CC(CCNC(=O)c1ccc(-n2cnnn2)cc1)C(=O)O. The van der Waals surface area contributed by atoms with Gasteiger partial charge in [-0.1, -0.05) is 6.92 Å². The third kappa shape index (κ3) is 3.85. The van der Waals surface area contributed by atoms with E-state index in [1.54, 1.807) is 31.2 Å². The minimum absolute atomic E-state index is 0.240. The number of nitrogens with one attached hydrogen (secondary N) is 1. The Morgan fingerprint density at radius 3 is 2.62 bits per heavy atom. The topological polar surface area (TPSA) is 110 Å². The van der Waals surface area contributed by atoms with Crippen LogP contribution < -0.4 is 5.32 Å². The highest BCUT2D eigenvalue weighted by Crippen LogP contribution is 2.08. The van der Waals surface area contributed by atoms with Crippen molar-refractivity contribution in [1.82, 2.24) is 25.5 Å². The van der Waals surface area contributed by atoms with Crippen LogP contribution in [0.4, 0.5) is 0 Å². The first kappa shape index (κ1) is 14.6. The van der Waals surface area contributed by atoms with Gasteiger partial charge in [-0.3, -0.25) is 9.59 Å². The molecule has 8 heteroatoms. The van der Waals surface area contributed by atoms with Crippen LogP contribution in [0.3, 0.4) is 0 Å². The van der Waals surface area contributed by atoms with Gasteiger partial charge in [0, 0.05) is 12.1 Å². The minimum atomic E-state index is -0.866. The summed E-state index contributed by atoms with van der Waals surface area (Å²) in [4.78, 5) is 22.6. The van der Waals surface area contributed by atoms with E-state index in [0.29, 0.717) is 18.5 Å². The zero-order chi connectivity index (χ0) is 15.2. The maximum atomic E-state index is 11.9. The van der Waals surface area contributed by atoms with Gasteiger partial charge < -0.3 is 10.4 Å². The molecule has 1 heterocycles. The van der Waals surface area contributed by atoms with E-state index in [9.17, 15) is 9.59 Å². The molecular weight excluding hydrogens is 274 g/mol. The Kier molecular flexibility index (Phi) is 4.60. The van der Waals surface area contributed by atoms with Crippen LogP contribution >= 0.6 is 0 Å². The van der Waals surface area contributed by atoms with Gasteiger partial charge in [-0.15, -0.1) is 5.10 Å². The predicted octanol–water partition coefficient (Wildman–Crippen LogP) is 0.503. The molecule has 0 saturated carbocycles. The summed E-state index contributed by atoms with van der Waals surface area (Å²) < 4.78 is 1.48. The molecule has 0 spiro atoms. The Balaban J connectivity index is 1.90. The standard InChI is InChI=1S/C13H15N5O3/c1-9(13(20)21)6-7-14-12(19)10-2-4-11(5-3-10)18-8-15-16-17-18/h2-5,8-9H,6-7H2,1H3,(H,14,19)(H,20,21). The number of carboxylic acid groups (broad SMARTS) is 1. The highest BCUT2D eigenvalue weighted by Gasteiger charge is 2.11. The molecule has 110 valence electrons. The number of hydrogen-bond acceptors (Lipinski definition) is 5. The van der Waals surface area contributed by atoms with Crippen molar-refractivity contribution in [2.75, 3.05) is 6.54 Å². The van der Waals surface area contributed by atoms with E-state index >= 15 is 0 Å². The molecule has 0 radical (unpaired) electrons. The number of nitrogens with zero attached hydrogens (tertiary/aromatic N) is 4. The number of carboxylic acids is 1. The molecule has 21 heavy (non-hydrogen) atoms. The zero-order valence-corrected chi connectivity index (χ0v) is 11.4. The second-order valence-corrected chi connectivity index (χ2v) is 4.59. The molecular formula is C13H15N5O3. The Morgan fingerprint density at radius 2 is 2.05 bits per heavy atom. The molecule has 1 atom stereocenters. The van der Waals surface area contributed by atoms with Crippen LogP contribution in [0.1, 0.15) is 23.7 Å². The summed E-state index contributed by atoms with van der Waals surface area (Å²) in [6.07, 6.45) is 1.85. The fourth-order valence-electron chi connectivity index (χ4n) is 1.67. The van der Waals surface area contributed by atoms with Gasteiger partial charge >= 0.3 is 5.97 Å². The highest BCUT2D eigenvalue weighted by atomic mass is 16.4. The molecule has 2 aromatic rings. The molecule has 1 aromatic carbocycles. The number of aliphatic carboxylic acids is 1. The van der Waals surface area contributed by atoms with Crippen molar-refractivity contribution in [3.63, 3.8) is 0 Å². The maximum absolute atomic E-state index is 11.9. The molecule has 0 fully saturated rings. The van der Waals surface area contributed by atoms with Crippen molar-refractivity contribution >= 4 is 11.9 Å². The van der Waals surface area contributed by atoms with E-state index in [1.165, 1.54) is 11.0 Å². The molecule has 1 aromatic heterocycles. The summed E-state index contributed by atoms with van der Waals surface area (Å²) in [5.74, 6) is -1.58. The summed E-state index contributed by atoms with van der Waals surface area (Å²) in [5.41, 5.74) is 1.24. The van der Waals surface area contributed by atoms with Crippen molar-refractivity contribution in [2.45, 2.75) is 13.3 Å². The average Bonchev–Trinajstić information content (AvgIpc) is 3.01. The van der Waals surface area contributed by atoms with Crippen LogP contribution in [0.5, 0.6) is 0 Å². The number of carbonyl (C=O) groups excluding carboxylic acids is 1. The third-order valence-electron chi connectivity index (χ3n) is 3.03. The first-order chi connectivity index (χ1) is 10.1. The summed E-state index contributed by atoms with van der Waals surface area (Å²) >= 11 is 0. The quantitative estimate of drug-likeness (QED) is 0.801. The fraction of sp³-hybridized carbons (Fsp3) is 0.308. The van der Waals surface area contributed by atoms with Crippen molar-refractivity contribution in [2.24, 2.45) is 5.92 Å². The van der Waals surface area contributed by atoms with Crippen LogP contribution in [-0.2, 0) is 4.79 Å². The number of rotatable bonds is 6. The summed E-state index contributed by atoms with van der Waals surface area (Å²) in [6, 6.07) is 6.77. The summed E-state index contributed by atoms with van der Waals surface area (Å²) in [5, 5.41) is 22.3. The number of aromatic nitrogens is 4. The van der Waals surface area contributed by atoms with Crippen molar-refractivity contribution < 1.29 is 14.7 Å². The highest BCUT2D eigenvalue weighted by molar-refractivity contribution is 5.94. The monoisotopic (exact) mass is 289 g/mol. The Bertz CT molecular complexity index is 609. The van der Waals surface area contributed by atoms with Gasteiger partial charge in [0.25, 0.3) is 5.91 Å². The molecule has 1 unspecified atom stereocenters. The fourth-order valence-corrected chi connectivity index (χ4v) is 1.67. The van der Waals surface area contributed by atoms with E-state index in [4.69, 9.17) is 5.11 Å². The normalized spacial score (nSPS) is 11.9. The Labute approximate surface area is 120 Å². The third-order valence-corrected chi connectivity index (χ3v) is 3.03. The average molecular weight is 289 g/mol. The molecule has 2 N–H and O–H groups in total.